The molecule has 1 aliphatic heterocycles. The maximum absolute atomic E-state index is 12.6. The monoisotopic (exact) mass is 628 g/mol. The number of aromatic nitrogens is 1. The topological polar surface area (TPSA) is 66.8 Å². The third-order valence-electron chi connectivity index (χ3n) is 5.74. The van der Waals surface area contributed by atoms with Gasteiger partial charge in [-0.15, -0.1) is 0 Å². The number of anilines is 1. The second kappa shape index (κ2) is 12.4. The van der Waals surface area contributed by atoms with Crippen molar-refractivity contribution in [3.63, 3.8) is 0 Å². The Kier molecular flexibility index (Phi) is 9.17. The Morgan fingerprint density at radius 3 is 2.55 bits per heavy atom. The summed E-state index contributed by atoms with van der Waals surface area (Å²) in [5, 5.41) is 10.4. The molecule has 2 aromatic carbocycles. The Morgan fingerprint density at radius 1 is 1.13 bits per heavy atom. The van der Waals surface area contributed by atoms with E-state index in [1.54, 1.807) is 12.1 Å². The number of alkyl halides is 3. The van der Waals surface area contributed by atoms with Crippen molar-refractivity contribution in [3.8, 4) is 5.88 Å². The van der Waals surface area contributed by atoms with E-state index < -0.39 is 11.7 Å². The number of carbonyl (C=O) groups excluding carboxylic acids is 1. The third kappa shape index (κ3) is 7.39. The fraction of sp³-hybridized carbons (Fsp3) is 0.269. The average Bonchev–Trinajstić information content (AvgIpc) is 3.29. The zero-order valence-corrected chi connectivity index (χ0v) is 22.9. The highest BCUT2D eigenvalue weighted by Crippen LogP contribution is 2.39. The van der Waals surface area contributed by atoms with Gasteiger partial charge < -0.3 is 10.1 Å². The van der Waals surface area contributed by atoms with Crippen molar-refractivity contribution in [3.05, 3.63) is 86.4 Å². The lowest BCUT2D eigenvalue weighted by molar-refractivity contribution is -0.137. The van der Waals surface area contributed by atoms with Gasteiger partial charge in [-0.25, -0.2) is 4.98 Å². The first-order chi connectivity index (χ1) is 18.1. The van der Waals surface area contributed by atoms with E-state index in [0.29, 0.717) is 34.8 Å². The fourth-order valence-corrected chi connectivity index (χ4v) is 4.60. The van der Waals surface area contributed by atoms with Gasteiger partial charge in [0.15, 0.2) is 0 Å². The van der Waals surface area contributed by atoms with Gasteiger partial charge >= 0.3 is 6.18 Å². The summed E-state index contributed by atoms with van der Waals surface area (Å²) in [6, 6.07) is 15.1. The maximum atomic E-state index is 12.6. The molecule has 0 saturated carbocycles. The van der Waals surface area contributed by atoms with E-state index in [4.69, 9.17) is 33.0 Å². The molecule has 4 rings (SSSR count). The highest BCUT2D eigenvalue weighted by Gasteiger charge is 2.31. The summed E-state index contributed by atoms with van der Waals surface area (Å²) in [6.07, 6.45) is -2.61. The molecule has 0 aliphatic carbocycles. The molecule has 200 valence electrons. The van der Waals surface area contributed by atoms with Crippen molar-refractivity contribution in [2.75, 3.05) is 18.2 Å². The van der Waals surface area contributed by atoms with E-state index in [1.165, 1.54) is 0 Å². The molecule has 0 saturated heterocycles. The third-order valence-corrected chi connectivity index (χ3v) is 6.80. The number of carbonyl (C=O) groups is 1. The Labute approximate surface area is 235 Å². The van der Waals surface area contributed by atoms with Crippen LogP contribution in [0.1, 0.15) is 36.4 Å². The molecule has 38 heavy (non-hydrogen) atoms. The van der Waals surface area contributed by atoms with Gasteiger partial charge in [0.1, 0.15) is 0 Å². The van der Waals surface area contributed by atoms with Gasteiger partial charge in [0, 0.05) is 34.6 Å². The van der Waals surface area contributed by atoms with Crippen LogP contribution >= 0.6 is 39.1 Å². The number of pyridine rings is 1. The zero-order valence-electron chi connectivity index (χ0n) is 19.8. The SMILES string of the molecule is O=C(CCCOc1ccc(C(F)(F)F)cn1)NCC1=NN(c2ccc(Cl)cc2Cl)C(c2ccc(Br)cc2)C1. The van der Waals surface area contributed by atoms with Crippen LogP contribution < -0.4 is 15.1 Å². The van der Waals surface area contributed by atoms with Crippen molar-refractivity contribution in [2.24, 2.45) is 5.10 Å². The van der Waals surface area contributed by atoms with E-state index in [9.17, 15) is 18.0 Å². The molecular formula is C26H22BrCl2F3N4O2. The molecule has 3 aromatic rings. The van der Waals surface area contributed by atoms with E-state index in [0.717, 1.165) is 27.9 Å². The Morgan fingerprint density at radius 2 is 1.89 bits per heavy atom. The largest absolute Gasteiger partial charge is 0.478 e. The summed E-state index contributed by atoms with van der Waals surface area (Å²) in [6.45, 7) is 0.399. The number of rotatable bonds is 9. The summed E-state index contributed by atoms with van der Waals surface area (Å²) in [5.41, 5.74) is 1.68. The van der Waals surface area contributed by atoms with Crippen molar-refractivity contribution < 1.29 is 22.7 Å². The minimum atomic E-state index is -4.45. The molecule has 6 nitrogen and oxygen atoms in total. The summed E-state index contributed by atoms with van der Waals surface area (Å²) in [7, 11) is 0. The molecule has 1 aromatic heterocycles. The first-order valence-corrected chi connectivity index (χ1v) is 13.1. The number of amides is 1. The van der Waals surface area contributed by atoms with Crippen LogP contribution in [0.4, 0.5) is 18.9 Å². The molecular weight excluding hydrogens is 608 g/mol. The number of nitrogens with zero attached hydrogens (tertiary/aromatic N) is 3. The molecule has 2 heterocycles. The minimum absolute atomic E-state index is 0.0682. The van der Waals surface area contributed by atoms with Crippen molar-refractivity contribution in [1.29, 1.82) is 0 Å². The van der Waals surface area contributed by atoms with Gasteiger partial charge in [-0.2, -0.15) is 18.3 Å². The smallest absolute Gasteiger partial charge is 0.417 e. The average molecular weight is 630 g/mol. The Bertz CT molecular complexity index is 1310. The van der Waals surface area contributed by atoms with Crippen LogP contribution in [0.3, 0.4) is 0 Å². The standard InChI is InChI=1S/C26H22BrCl2F3N4O2/c27-18-6-3-16(4-7-18)23-13-20(35-36(23)22-9-8-19(28)12-21(22)29)15-33-24(37)2-1-11-38-25-10-5-17(14-34-25)26(30,31)32/h3-10,12,14,23H,1-2,11,13,15H2,(H,33,37). The van der Waals surface area contributed by atoms with Gasteiger partial charge in [0.25, 0.3) is 0 Å². The highest BCUT2D eigenvalue weighted by atomic mass is 79.9. The number of hydrogen-bond acceptors (Lipinski definition) is 5. The molecule has 0 spiro atoms. The lowest BCUT2D eigenvalue weighted by atomic mass is 10.0. The second-order valence-electron chi connectivity index (χ2n) is 8.49. The first-order valence-electron chi connectivity index (χ1n) is 11.6. The quantitative estimate of drug-likeness (QED) is 0.250. The van der Waals surface area contributed by atoms with Gasteiger partial charge in [-0.3, -0.25) is 9.80 Å². The van der Waals surface area contributed by atoms with Gasteiger partial charge in [0.2, 0.25) is 11.8 Å². The molecule has 0 fully saturated rings. The fourth-order valence-electron chi connectivity index (χ4n) is 3.84. The van der Waals surface area contributed by atoms with Crippen molar-refractivity contribution in [2.45, 2.75) is 31.5 Å². The van der Waals surface area contributed by atoms with Crippen LogP contribution in [0.5, 0.6) is 5.88 Å². The lowest BCUT2D eigenvalue weighted by Gasteiger charge is -2.25. The highest BCUT2D eigenvalue weighted by molar-refractivity contribution is 9.10. The summed E-state index contributed by atoms with van der Waals surface area (Å²) >= 11 is 16.0. The molecule has 1 unspecified atom stereocenters. The molecule has 12 heteroatoms. The zero-order chi connectivity index (χ0) is 27.3. The van der Waals surface area contributed by atoms with Gasteiger partial charge in [-0.1, -0.05) is 51.3 Å². The normalized spacial score (nSPS) is 15.4. The number of nitrogens with one attached hydrogen (secondary N) is 1. The van der Waals surface area contributed by atoms with E-state index in [-0.39, 0.29) is 37.4 Å². The number of hydrazone groups is 1. The number of hydrogen-bond donors (Lipinski definition) is 1. The van der Waals surface area contributed by atoms with Crippen LogP contribution in [0.25, 0.3) is 0 Å². The van der Waals surface area contributed by atoms with Crippen LogP contribution in [0.15, 0.2) is 70.4 Å². The molecule has 1 aliphatic rings. The summed E-state index contributed by atoms with van der Waals surface area (Å²) in [4.78, 5) is 16.0. The van der Waals surface area contributed by atoms with Crippen LogP contribution in [0, 0.1) is 0 Å². The minimum Gasteiger partial charge on any atom is -0.478 e. The number of benzene rings is 2. The summed E-state index contributed by atoms with van der Waals surface area (Å²) in [5.74, 6) is -0.126. The molecule has 0 bridgehead atoms. The van der Waals surface area contributed by atoms with Crippen LogP contribution in [-0.2, 0) is 11.0 Å². The Balaban J connectivity index is 1.31. The van der Waals surface area contributed by atoms with Gasteiger partial charge in [-0.05, 0) is 48.4 Å². The second-order valence-corrected chi connectivity index (χ2v) is 10.2. The number of ether oxygens (including phenoxy) is 1. The lowest BCUT2D eigenvalue weighted by Crippen LogP contribution is -2.29. The van der Waals surface area contributed by atoms with Crippen LogP contribution in [0.2, 0.25) is 10.0 Å². The van der Waals surface area contributed by atoms with Crippen molar-refractivity contribution >= 4 is 56.4 Å². The molecule has 1 atom stereocenters. The molecule has 1 N–H and O–H groups in total. The van der Waals surface area contributed by atoms with E-state index >= 15 is 0 Å². The predicted octanol–water partition coefficient (Wildman–Crippen LogP) is 7.45. The Hall–Kier alpha value is -2.82. The van der Waals surface area contributed by atoms with Gasteiger partial charge in [0.05, 0.1) is 41.2 Å². The maximum Gasteiger partial charge on any atom is 0.417 e. The van der Waals surface area contributed by atoms with E-state index in [1.807, 2.05) is 35.3 Å². The summed E-state index contributed by atoms with van der Waals surface area (Å²) < 4.78 is 44.1. The predicted molar refractivity (Wildman–Crippen MR) is 145 cm³/mol. The number of halogens is 6. The van der Waals surface area contributed by atoms with Crippen molar-refractivity contribution in [1.82, 2.24) is 10.3 Å². The van der Waals surface area contributed by atoms with Crippen LogP contribution in [-0.4, -0.2) is 29.8 Å². The molecule has 0 radical (unpaired) electrons. The van der Waals surface area contributed by atoms with E-state index in [2.05, 4.69) is 26.2 Å². The molecule has 1 amide bonds. The first kappa shape index (κ1) is 28.2.